The number of ether oxygens (including phenoxy) is 3. The Kier molecular flexibility index (Phi) is 7.40. The molecule has 0 fully saturated rings. The Labute approximate surface area is 183 Å². The van der Waals surface area contributed by atoms with E-state index in [4.69, 9.17) is 21.1 Å². The molecule has 0 saturated carbocycles. The Morgan fingerprint density at radius 3 is 2.87 bits per heavy atom. The quantitative estimate of drug-likeness (QED) is 0.410. The molecule has 3 N–H and O–H groups in total. The largest absolute Gasteiger partial charge is 0.465 e. The topological polar surface area (TPSA) is 132 Å². The highest BCUT2D eigenvalue weighted by Gasteiger charge is 2.26. The smallest absolute Gasteiger partial charge is 0.337 e. The second kappa shape index (κ2) is 10.2. The average Bonchev–Trinajstić information content (AvgIpc) is 2.77. The third-order valence-corrected chi connectivity index (χ3v) is 4.56. The van der Waals surface area contributed by atoms with Crippen molar-refractivity contribution in [3.8, 4) is 6.01 Å². The molecule has 3 rings (SSSR count). The van der Waals surface area contributed by atoms with Crippen LogP contribution in [0.5, 0.6) is 6.01 Å². The zero-order chi connectivity index (χ0) is 22.4. The molecule has 0 radical (unpaired) electrons. The number of aromatic nitrogens is 2. The number of fused-ring (bicyclic) bond motifs is 1. The maximum absolute atomic E-state index is 12.7. The molecule has 0 spiro atoms. The van der Waals surface area contributed by atoms with Gasteiger partial charge in [0.05, 0.1) is 35.6 Å². The summed E-state index contributed by atoms with van der Waals surface area (Å²) in [5, 5.41) is 15.9. The number of aliphatic hydroxyl groups is 1. The summed E-state index contributed by atoms with van der Waals surface area (Å²) >= 11 is 6.12. The van der Waals surface area contributed by atoms with Crippen LogP contribution in [0.1, 0.15) is 22.8 Å². The van der Waals surface area contributed by atoms with Crippen molar-refractivity contribution in [2.24, 2.45) is 0 Å². The SMILES string of the molecule is CCOCCOc1ncc2c(n1)NC(O)C(C(=O)Nc1cc(C(=O)OC)ccc1Cl)=C2. The summed E-state index contributed by atoms with van der Waals surface area (Å²) in [6.07, 6.45) is 1.59. The molecule has 0 bridgehead atoms. The number of nitrogens with zero attached hydrogens (tertiary/aromatic N) is 2. The van der Waals surface area contributed by atoms with Crippen LogP contribution in [-0.4, -0.2) is 60.1 Å². The third-order valence-electron chi connectivity index (χ3n) is 4.23. The molecular weight excluding hydrogens is 428 g/mol. The predicted octanol–water partition coefficient (Wildman–Crippen LogP) is 2.10. The number of esters is 1. The molecule has 11 heteroatoms. The third kappa shape index (κ3) is 5.48. The highest BCUT2D eigenvalue weighted by molar-refractivity contribution is 6.34. The molecular formula is C20H21ClN4O6. The van der Waals surface area contributed by atoms with E-state index in [1.165, 1.54) is 37.6 Å². The summed E-state index contributed by atoms with van der Waals surface area (Å²) in [6.45, 7) is 3.14. The fourth-order valence-electron chi connectivity index (χ4n) is 2.71. The number of amides is 1. The molecule has 31 heavy (non-hydrogen) atoms. The van der Waals surface area contributed by atoms with Gasteiger partial charge in [0, 0.05) is 18.4 Å². The minimum absolute atomic E-state index is 0.0145. The predicted molar refractivity (Wildman–Crippen MR) is 113 cm³/mol. The van der Waals surface area contributed by atoms with Gasteiger partial charge in [0.15, 0.2) is 6.23 Å². The lowest BCUT2D eigenvalue weighted by molar-refractivity contribution is -0.113. The van der Waals surface area contributed by atoms with Crippen LogP contribution in [-0.2, 0) is 14.3 Å². The van der Waals surface area contributed by atoms with Crippen LogP contribution >= 0.6 is 11.6 Å². The van der Waals surface area contributed by atoms with Gasteiger partial charge in [-0.15, -0.1) is 0 Å². The normalized spacial score (nSPS) is 14.7. The summed E-state index contributed by atoms with van der Waals surface area (Å²) in [4.78, 5) is 32.7. The van der Waals surface area contributed by atoms with Crippen molar-refractivity contribution in [3.05, 3.63) is 46.1 Å². The van der Waals surface area contributed by atoms with Crippen LogP contribution < -0.4 is 15.4 Å². The molecule has 10 nitrogen and oxygen atoms in total. The molecule has 0 saturated heterocycles. The molecule has 0 aliphatic carbocycles. The number of carbonyl (C=O) groups excluding carboxylic acids is 2. The monoisotopic (exact) mass is 448 g/mol. The number of aliphatic hydroxyl groups excluding tert-OH is 1. The van der Waals surface area contributed by atoms with Gasteiger partial charge in [0.2, 0.25) is 0 Å². The zero-order valence-corrected chi connectivity index (χ0v) is 17.6. The number of halogens is 1. The second-order valence-corrected chi connectivity index (χ2v) is 6.70. The van der Waals surface area contributed by atoms with E-state index in [0.29, 0.717) is 24.6 Å². The lowest BCUT2D eigenvalue weighted by atomic mass is 10.1. The van der Waals surface area contributed by atoms with Gasteiger partial charge in [-0.05, 0) is 31.2 Å². The van der Waals surface area contributed by atoms with Crippen molar-refractivity contribution >= 4 is 41.1 Å². The van der Waals surface area contributed by atoms with Crippen molar-refractivity contribution in [3.63, 3.8) is 0 Å². The van der Waals surface area contributed by atoms with E-state index in [0.717, 1.165) is 0 Å². The number of benzene rings is 1. The van der Waals surface area contributed by atoms with Gasteiger partial charge < -0.3 is 30.0 Å². The van der Waals surface area contributed by atoms with Crippen LogP contribution in [0.25, 0.3) is 6.08 Å². The molecule has 1 atom stereocenters. The second-order valence-electron chi connectivity index (χ2n) is 6.29. The van der Waals surface area contributed by atoms with E-state index in [-0.39, 0.29) is 34.5 Å². The Balaban J connectivity index is 1.76. The average molecular weight is 449 g/mol. The fraction of sp³-hybridized carbons (Fsp3) is 0.300. The zero-order valence-electron chi connectivity index (χ0n) is 16.8. The van der Waals surface area contributed by atoms with Gasteiger partial charge in [0.1, 0.15) is 12.4 Å². The van der Waals surface area contributed by atoms with Crippen LogP contribution in [0.3, 0.4) is 0 Å². The van der Waals surface area contributed by atoms with Gasteiger partial charge in [-0.2, -0.15) is 4.98 Å². The first-order chi connectivity index (χ1) is 14.9. The van der Waals surface area contributed by atoms with Gasteiger partial charge in [-0.25, -0.2) is 9.78 Å². The Hall–Kier alpha value is -3.21. The van der Waals surface area contributed by atoms with E-state index in [2.05, 4.69) is 25.3 Å². The van der Waals surface area contributed by atoms with E-state index >= 15 is 0 Å². The van der Waals surface area contributed by atoms with Crippen LogP contribution in [0.2, 0.25) is 5.02 Å². The number of carbonyl (C=O) groups is 2. The molecule has 2 heterocycles. The minimum atomic E-state index is -1.33. The number of hydrogen-bond donors (Lipinski definition) is 3. The first kappa shape index (κ1) is 22.5. The first-order valence-corrected chi connectivity index (χ1v) is 9.73. The van der Waals surface area contributed by atoms with Crippen molar-refractivity contribution in [2.45, 2.75) is 13.2 Å². The number of nitrogens with one attached hydrogen (secondary N) is 2. The van der Waals surface area contributed by atoms with Crippen LogP contribution in [0, 0.1) is 0 Å². The van der Waals surface area contributed by atoms with Gasteiger partial charge in [0.25, 0.3) is 5.91 Å². The maximum Gasteiger partial charge on any atom is 0.337 e. The van der Waals surface area contributed by atoms with Crippen molar-refractivity contribution in [1.82, 2.24) is 9.97 Å². The van der Waals surface area contributed by atoms with Crippen LogP contribution in [0.15, 0.2) is 30.0 Å². The van der Waals surface area contributed by atoms with E-state index < -0.39 is 18.1 Å². The molecule has 1 aliphatic heterocycles. The van der Waals surface area contributed by atoms with Crippen molar-refractivity contribution in [2.75, 3.05) is 37.6 Å². The number of anilines is 2. The lowest BCUT2D eigenvalue weighted by Gasteiger charge is -2.23. The Morgan fingerprint density at radius 1 is 1.32 bits per heavy atom. The minimum Gasteiger partial charge on any atom is -0.465 e. The lowest BCUT2D eigenvalue weighted by Crippen LogP contribution is -2.32. The summed E-state index contributed by atoms with van der Waals surface area (Å²) in [5.41, 5.74) is 0.916. The first-order valence-electron chi connectivity index (χ1n) is 9.36. The van der Waals surface area contributed by atoms with Crippen molar-refractivity contribution in [1.29, 1.82) is 0 Å². The van der Waals surface area contributed by atoms with E-state index in [9.17, 15) is 14.7 Å². The summed E-state index contributed by atoms with van der Waals surface area (Å²) in [5.74, 6) is -0.876. The molecule has 1 unspecified atom stereocenters. The number of methoxy groups -OCH3 is 1. The Bertz CT molecular complexity index is 1010. The molecule has 1 aliphatic rings. The highest BCUT2D eigenvalue weighted by Crippen LogP contribution is 2.28. The molecule has 164 valence electrons. The van der Waals surface area contributed by atoms with Crippen LogP contribution in [0.4, 0.5) is 11.5 Å². The summed E-state index contributed by atoms with van der Waals surface area (Å²) < 4.78 is 15.2. The van der Waals surface area contributed by atoms with Gasteiger partial charge >= 0.3 is 12.0 Å². The molecule has 2 aromatic rings. The summed E-state index contributed by atoms with van der Waals surface area (Å²) in [6, 6.07) is 4.44. The molecule has 1 amide bonds. The maximum atomic E-state index is 12.7. The number of hydrogen-bond acceptors (Lipinski definition) is 9. The van der Waals surface area contributed by atoms with E-state index in [1.807, 2.05) is 6.92 Å². The fourth-order valence-corrected chi connectivity index (χ4v) is 2.87. The summed E-state index contributed by atoms with van der Waals surface area (Å²) in [7, 11) is 1.25. The van der Waals surface area contributed by atoms with Crippen molar-refractivity contribution < 1.29 is 28.9 Å². The molecule has 1 aromatic heterocycles. The molecule has 1 aromatic carbocycles. The van der Waals surface area contributed by atoms with Gasteiger partial charge in [-0.3, -0.25) is 4.79 Å². The highest BCUT2D eigenvalue weighted by atomic mass is 35.5. The van der Waals surface area contributed by atoms with Gasteiger partial charge in [-0.1, -0.05) is 11.6 Å². The Morgan fingerprint density at radius 2 is 2.13 bits per heavy atom. The standard InChI is InChI=1S/C20H21ClN4O6/c1-3-30-6-7-31-20-22-10-12-8-13(18(27)24-16(12)25-20)17(26)23-15-9-11(19(28)29-2)4-5-14(15)21/h4-5,8-10,18,27H,3,6-7H2,1-2H3,(H,23,26)(H,22,24,25). The number of rotatable bonds is 8. The van der Waals surface area contributed by atoms with E-state index in [1.54, 1.807) is 0 Å².